The molecule has 0 aromatic carbocycles. The molecular formula is C9H9N9S. The molecule has 0 atom stereocenters. The van der Waals surface area contributed by atoms with Gasteiger partial charge in [0.1, 0.15) is 0 Å². The van der Waals surface area contributed by atoms with Crippen molar-refractivity contribution in [2.75, 3.05) is 5.43 Å². The van der Waals surface area contributed by atoms with Gasteiger partial charge in [-0.3, -0.25) is 0 Å². The lowest BCUT2D eigenvalue weighted by molar-refractivity contribution is 0.882. The molecule has 3 rings (SSSR count). The fraction of sp³-hybridized carbons (Fsp3) is 0.222. The first-order valence-electron chi connectivity index (χ1n) is 5.37. The number of aryl methyl sites for hydroxylation is 1. The average molecular weight is 275 g/mol. The van der Waals surface area contributed by atoms with Gasteiger partial charge in [0.2, 0.25) is 11.6 Å². The Bertz CT molecular complexity index is 730. The molecule has 0 aliphatic carbocycles. The van der Waals surface area contributed by atoms with Crippen LogP contribution in [0, 0.1) is 12.5 Å². The maximum Gasteiger partial charge on any atom is 0.222 e. The summed E-state index contributed by atoms with van der Waals surface area (Å²) in [7, 11) is 0. The summed E-state index contributed by atoms with van der Waals surface area (Å²) in [5.41, 5.74) is 10.5. The number of thiazole rings is 1. The summed E-state index contributed by atoms with van der Waals surface area (Å²) < 4.78 is 0. The Hall–Kier alpha value is -2.49. The highest BCUT2D eigenvalue weighted by Gasteiger charge is 2.08. The normalized spacial score (nSPS) is 10.8. The van der Waals surface area contributed by atoms with Crippen LogP contribution >= 0.6 is 11.3 Å². The van der Waals surface area contributed by atoms with E-state index in [1.165, 1.54) is 11.3 Å². The molecule has 9 nitrogen and oxygen atoms in total. The molecule has 3 heterocycles. The topological polar surface area (TPSA) is 128 Å². The Morgan fingerprint density at radius 1 is 1.42 bits per heavy atom. The van der Waals surface area contributed by atoms with Crippen LogP contribution in [0.15, 0.2) is 11.4 Å². The van der Waals surface area contributed by atoms with Gasteiger partial charge in [-0.1, -0.05) is 16.6 Å². The number of fused-ring (bicyclic) bond motifs is 1. The Labute approximate surface area is 111 Å². The lowest BCUT2D eigenvalue weighted by Crippen LogP contribution is -1.99. The van der Waals surface area contributed by atoms with Gasteiger partial charge in [0.05, 0.1) is 17.6 Å². The quantitative estimate of drug-likeness (QED) is 0.488. The number of aromatic amines is 1. The van der Waals surface area contributed by atoms with Crippen molar-refractivity contribution in [3.8, 4) is 0 Å². The summed E-state index contributed by atoms with van der Waals surface area (Å²) in [6.07, 6.45) is 2.12. The standard InChI is InChI=1S/C9H9N9S/c1-4-12-7-8(19-4)14-6(15-16-7)2-5-3-11-9(13-5)17-18-10/h3H,2H2,1H3,(H3,10,11,13,17). The third-order valence-electron chi connectivity index (χ3n) is 2.33. The molecule has 19 heavy (non-hydrogen) atoms. The number of hydrogen-bond acceptors (Lipinski definition) is 8. The van der Waals surface area contributed by atoms with E-state index in [9.17, 15) is 0 Å². The predicted octanol–water partition coefficient (Wildman–Crippen LogP) is 1.46. The van der Waals surface area contributed by atoms with E-state index >= 15 is 0 Å². The number of H-pyrrole nitrogens is 1. The van der Waals surface area contributed by atoms with Crippen LogP contribution in [0.1, 0.15) is 16.5 Å². The second-order valence-electron chi connectivity index (χ2n) is 3.75. The largest absolute Gasteiger partial charge is 0.326 e. The minimum Gasteiger partial charge on any atom is -0.326 e. The molecule has 96 valence electrons. The van der Waals surface area contributed by atoms with Gasteiger partial charge >= 0.3 is 0 Å². The van der Waals surface area contributed by atoms with E-state index in [0.717, 1.165) is 15.5 Å². The lowest BCUT2D eigenvalue weighted by atomic mass is 10.3. The van der Waals surface area contributed by atoms with Gasteiger partial charge in [-0.2, -0.15) is 5.53 Å². The summed E-state index contributed by atoms with van der Waals surface area (Å²) in [6.45, 7) is 1.91. The van der Waals surface area contributed by atoms with Crippen LogP contribution in [-0.2, 0) is 6.42 Å². The molecule has 3 aromatic rings. The van der Waals surface area contributed by atoms with Gasteiger partial charge in [-0.05, 0) is 6.92 Å². The number of rotatable bonds is 4. The Balaban J connectivity index is 1.85. The zero-order valence-electron chi connectivity index (χ0n) is 9.88. The summed E-state index contributed by atoms with van der Waals surface area (Å²) >= 11 is 1.49. The summed E-state index contributed by atoms with van der Waals surface area (Å²) in [4.78, 5) is 16.4. The monoisotopic (exact) mass is 275 g/mol. The van der Waals surface area contributed by atoms with E-state index < -0.39 is 0 Å². The van der Waals surface area contributed by atoms with Crippen molar-refractivity contribution in [3.63, 3.8) is 0 Å². The van der Waals surface area contributed by atoms with Crippen LogP contribution < -0.4 is 5.43 Å². The Morgan fingerprint density at radius 2 is 2.32 bits per heavy atom. The van der Waals surface area contributed by atoms with Gasteiger partial charge in [-0.15, -0.1) is 10.2 Å². The van der Waals surface area contributed by atoms with Crippen LogP contribution in [0.3, 0.4) is 0 Å². The molecule has 10 heteroatoms. The third kappa shape index (κ3) is 2.38. The Morgan fingerprint density at radius 3 is 3.16 bits per heavy atom. The maximum absolute atomic E-state index is 6.68. The molecule has 0 bridgehead atoms. The van der Waals surface area contributed by atoms with E-state index in [0.29, 0.717) is 23.8 Å². The van der Waals surface area contributed by atoms with Crippen molar-refractivity contribution in [2.24, 2.45) is 5.22 Å². The van der Waals surface area contributed by atoms with Crippen molar-refractivity contribution < 1.29 is 0 Å². The highest BCUT2D eigenvalue weighted by atomic mass is 32.1. The van der Waals surface area contributed by atoms with E-state index in [2.05, 4.69) is 40.8 Å². The molecule has 0 unspecified atom stereocenters. The van der Waals surface area contributed by atoms with Crippen LogP contribution in [0.25, 0.3) is 10.5 Å². The van der Waals surface area contributed by atoms with Crippen LogP contribution in [-0.4, -0.2) is 30.1 Å². The number of anilines is 1. The molecule has 3 N–H and O–H groups in total. The van der Waals surface area contributed by atoms with Gasteiger partial charge < -0.3 is 4.98 Å². The summed E-state index contributed by atoms with van der Waals surface area (Å²) in [5.74, 6) is 1.00. The van der Waals surface area contributed by atoms with Crippen LogP contribution in [0.5, 0.6) is 0 Å². The van der Waals surface area contributed by atoms with Crippen molar-refractivity contribution >= 4 is 27.8 Å². The molecular weight excluding hydrogens is 266 g/mol. The number of hydrogen-bond donors (Lipinski definition) is 3. The molecule has 0 aliphatic heterocycles. The molecule has 0 spiro atoms. The van der Waals surface area contributed by atoms with E-state index in [4.69, 9.17) is 5.53 Å². The zero-order chi connectivity index (χ0) is 13.2. The molecule has 0 radical (unpaired) electrons. The number of nitrogens with zero attached hydrogens (tertiary/aromatic N) is 6. The molecule has 3 aromatic heterocycles. The minimum atomic E-state index is 0.410. The lowest BCUT2D eigenvalue weighted by Gasteiger charge is -1.95. The highest BCUT2D eigenvalue weighted by molar-refractivity contribution is 7.18. The fourth-order valence-electron chi connectivity index (χ4n) is 1.59. The minimum absolute atomic E-state index is 0.410. The van der Waals surface area contributed by atoms with Gasteiger partial charge in [0.25, 0.3) is 0 Å². The fourth-order valence-corrected chi connectivity index (χ4v) is 2.33. The SMILES string of the molecule is Cc1nc2nnc(Cc3cnc(NN=N)[nH]3)nc2s1. The van der Waals surface area contributed by atoms with E-state index in [-0.39, 0.29) is 0 Å². The van der Waals surface area contributed by atoms with Crippen molar-refractivity contribution in [1.29, 1.82) is 5.53 Å². The van der Waals surface area contributed by atoms with Crippen molar-refractivity contribution in [1.82, 2.24) is 30.1 Å². The zero-order valence-corrected chi connectivity index (χ0v) is 10.7. The first-order chi connectivity index (χ1) is 9.24. The molecule has 0 saturated carbocycles. The van der Waals surface area contributed by atoms with E-state index in [1.807, 2.05) is 6.92 Å². The van der Waals surface area contributed by atoms with Crippen molar-refractivity contribution in [2.45, 2.75) is 13.3 Å². The van der Waals surface area contributed by atoms with Gasteiger partial charge in [0.15, 0.2) is 10.7 Å². The Kier molecular flexibility index (Phi) is 2.83. The number of nitrogens with one attached hydrogen (secondary N) is 3. The predicted molar refractivity (Wildman–Crippen MR) is 67.9 cm³/mol. The first-order valence-corrected chi connectivity index (χ1v) is 6.19. The van der Waals surface area contributed by atoms with Crippen LogP contribution in [0.4, 0.5) is 5.95 Å². The second-order valence-corrected chi connectivity index (χ2v) is 4.93. The second kappa shape index (κ2) is 4.65. The summed E-state index contributed by atoms with van der Waals surface area (Å²) in [6, 6.07) is 0. The molecule has 0 saturated heterocycles. The average Bonchev–Trinajstić information content (AvgIpc) is 2.95. The molecule has 0 amide bonds. The van der Waals surface area contributed by atoms with Gasteiger partial charge in [-0.25, -0.2) is 20.4 Å². The van der Waals surface area contributed by atoms with E-state index in [1.54, 1.807) is 6.20 Å². The molecule has 0 aliphatic rings. The third-order valence-corrected chi connectivity index (χ3v) is 3.18. The van der Waals surface area contributed by atoms with Crippen molar-refractivity contribution in [3.05, 3.63) is 22.7 Å². The maximum atomic E-state index is 6.68. The number of aromatic nitrogens is 6. The van der Waals surface area contributed by atoms with Gasteiger partial charge in [0, 0.05) is 5.69 Å². The summed E-state index contributed by atoms with van der Waals surface area (Å²) in [5, 5.41) is 12.0. The molecule has 0 fully saturated rings. The number of imidazole rings is 1. The highest BCUT2D eigenvalue weighted by Crippen LogP contribution is 2.17. The first kappa shape index (κ1) is 11.6. The smallest absolute Gasteiger partial charge is 0.222 e. The van der Waals surface area contributed by atoms with Crippen LogP contribution in [0.2, 0.25) is 0 Å².